The van der Waals surface area contributed by atoms with Gasteiger partial charge in [-0.05, 0) is 49.4 Å². The van der Waals surface area contributed by atoms with E-state index in [4.69, 9.17) is 5.73 Å². The number of amides is 1. The number of nitrogens with two attached hydrogens (primary N) is 1. The second kappa shape index (κ2) is 5.25. The fourth-order valence-electron chi connectivity index (χ4n) is 3.27. The van der Waals surface area contributed by atoms with Crippen molar-refractivity contribution >= 4 is 27.5 Å². The Balaban J connectivity index is 1.79. The van der Waals surface area contributed by atoms with Crippen LogP contribution in [0.1, 0.15) is 31.2 Å². The first kappa shape index (κ1) is 13.1. The van der Waals surface area contributed by atoms with Crippen molar-refractivity contribution < 1.29 is 4.79 Å². The number of nitrogens with zero attached hydrogens (tertiary/aromatic N) is 1. The zero-order valence-corrected chi connectivity index (χ0v) is 12.5. The molecule has 1 heterocycles. The van der Waals surface area contributed by atoms with E-state index >= 15 is 0 Å². The second-order valence-electron chi connectivity index (χ2n) is 5.64. The first-order chi connectivity index (χ1) is 9.15. The van der Waals surface area contributed by atoms with Gasteiger partial charge in [0.05, 0.1) is 0 Å². The molecule has 1 fully saturated rings. The molecule has 3 nitrogen and oxygen atoms in total. The van der Waals surface area contributed by atoms with Crippen LogP contribution in [0.4, 0.5) is 5.69 Å². The lowest BCUT2D eigenvalue weighted by atomic mass is 9.85. The fourth-order valence-corrected chi connectivity index (χ4v) is 3.68. The van der Waals surface area contributed by atoms with Crippen LogP contribution < -0.4 is 10.6 Å². The standard InChI is InChI=1S/C15H19BrN2O/c16-12-4-5-14-10(8-12)6-7-18(14)15(19)11-2-1-3-13(17)9-11/h4-5,8,11,13H,1-3,6-7,9,17H2. The predicted molar refractivity (Wildman–Crippen MR) is 80.1 cm³/mol. The number of benzene rings is 1. The van der Waals surface area contributed by atoms with Crippen molar-refractivity contribution in [3.63, 3.8) is 0 Å². The average molecular weight is 323 g/mol. The van der Waals surface area contributed by atoms with Gasteiger partial charge in [0, 0.05) is 28.7 Å². The SMILES string of the molecule is NC1CCCC(C(=O)N2CCc3cc(Br)ccc32)C1. The third kappa shape index (κ3) is 2.56. The predicted octanol–water partition coefficient (Wildman–Crippen LogP) is 2.86. The molecule has 1 aromatic carbocycles. The fraction of sp³-hybridized carbons (Fsp3) is 0.533. The van der Waals surface area contributed by atoms with E-state index in [2.05, 4.69) is 22.0 Å². The van der Waals surface area contributed by atoms with E-state index in [0.717, 1.165) is 48.8 Å². The Bertz CT molecular complexity index is 503. The van der Waals surface area contributed by atoms with Gasteiger partial charge in [-0.25, -0.2) is 0 Å². The van der Waals surface area contributed by atoms with Gasteiger partial charge in [-0.3, -0.25) is 4.79 Å². The highest BCUT2D eigenvalue weighted by molar-refractivity contribution is 9.10. The first-order valence-electron chi connectivity index (χ1n) is 7.00. The molecule has 0 spiro atoms. The smallest absolute Gasteiger partial charge is 0.230 e. The quantitative estimate of drug-likeness (QED) is 0.864. The highest BCUT2D eigenvalue weighted by Gasteiger charge is 2.32. The van der Waals surface area contributed by atoms with Crippen LogP contribution in [0.5, 0.6) is 0 Å². The molecule has 1 aliphatic carbocycles. The van der Waals surface area contributed by atoms with Crippen LogP contribution in [0.3, 0.4) is 0 Å². The lowest BCUT2D eigenvalue weighted by Gasteiger charge is -2.29. The molecule has 1 aliphatic heterocycles. The van der Waals surface area contributed by atoms with E-state index in [9.17, 15) is 4.79 Å². The minimum absolute atomic E-state index is 0.123. The maximum Gasteiger partial charge on any atom is 0.230 e. The lowest BCUT2D eigenvalue weighted by molar-refractivity contribution is -0.123. The van der Waals surface area contributed by atoms with Gasteiger partial charge in [-0.15, -0.1) is 0 Å². The maximum absolute atomic E-state index is 12.7. The minimum Gasteiger partial charge on any atom is -0.328 e. The molecule has 0 radical (unpaired) electrons. The summed E-state index contributed by atoms with van der Waals surface area (Å²) in [5.41, 5.74) is 8.36. The van der Waals surface area contributed by atoms with Gasteiger partial charge in [0.2, 0.25) is 5.91 Å². The molecule has 0 aromatic heterocycles. The van der Waals surface area contributed by atoms with E-state index in [1.807, 2.05) is 17.0 Å². The highest BCUT2D eigenvalue weighted by atomic mass is 79.9. The molecule has 1 amide bonds. The van der Waals surface area contributed by atoms with Crippen molar-refractivity contribution in [1.82, 2.24) is 0 Å². The van der Waals surface area contributed by atoms with E-state index < -0.39 is 0 Å². The molecular formula is C15H19BrN2O. The Kier molecular flexibility index (Phi) is 3.63. The molecule has 2 aliphatic rings. The van der Waals surface area contributed by atoms with Gasteiger partial charge >= 0.3 is 0 Å². The van der Waals surface area contributed by atoms with Crippen molar-refractivity contribution in [1.29, 1.82) is 0 Å². The van der Waals surface area contributed by atoms with E-state index in [1.54, 1.807) is 0 Å². The van der Waals surface area contributed by atoms with Crippen LogP contribution in [0.25, 0.3) is 0 Å². The van der Waals surface area contributed by atoms with Crippen LogP contribution in [0.2, 0.25) is 0 Å². The van der Waals surface area contributed by atoms with Gasteiger partial charge in [-0.2, -0.15) is 0 Å². The summed E-state index contributed by atoms with van der Waals surface area (Å²) in [5, 5.41) is 0. The van der Waals surface area contributed by atoms with Crippen molar-refractivity contribution in [3.05, 3.63) is 28.2 Å². The molecule has 19 heavy (non-hydrogen) atoms. The number of halogens is 1. The number of fused-ring (bicyclic) bond motifs is 1. The van der Waals surface area contributed by atoms with Gasteiger partial charge in [-0.1, -0.05) is 22.4 Å². The first-order valence-corrected chi connectivity index (χ1v) is 7.80. The van der Waals surface area contributed by atoms with Crippen molar-refractivity contribution in [2.45, 2.75) is 38.1 Å². The molecule has 4 heteroatoms. The lowest BCUT2D eigenvalue weighted by Crippen LogP contribution is -2.40. The molecular weight excluding hydrogens is 304 g/mol. The maximum atomic E-state index is 12.7. The number of carbonyl (C=O) groups is 1. The number of hydrogen-bond acceptors (Lipinski definition) is 2. The normalized spacial score (nSPS) is 26.3. The molecule has 2 N–H and O–H groups in total. The summed E-state index contributed by atoms with van der Waals surface area (Å²) in [6.45, 7) is 0.816. The number of anilines is 1. The van der Waals surface area contributed by atoms with E-state index in [1.165, 1.54) is 5.56 Å². The van der Waals surface area contributed by atoms with E-state index in [-0.39, 0.29) is 17.9 Å². The summed E-state index contributed by atoms with van der Waals surface area (Å²) in [6, 6.07) is 6.38. The number of carbonyl (C=O) groups excluding carboxylic acids is 1. The Hall–Kier alpha value is -0.870. The summed E-state index contributed by atoms with van der Waals surface area (Å²) >= 11 is 3.49. The van der Waals surface area contributed by atoms with E-state index in [0.29, 0.717) is 0 Å². The summed E-state index contributed by atoms with van der Waals surface area (Å²) in [6.07, 6.45) is 4.95. The van der Waals surface area contributed by atoms with Gasteiger partial charge in [0.1, 0.15) is 0 Å². The van der Waals surface area contributed by atoms with Gasteiger partial charge < -0.3 is 10.6 Å². The molecule has 1 saturated carbocycles. The van der Waals surface area contributed by atoms with Crippen molar-refractivity contribution in [2.75, 3.05) is 11.4 Å². The van der Waals surface area contributed by atoms with Crippen LogP contribution in [0, 0.1) is 5.92 Å². The van der Waals surface area contributed by atoms with Gasteiger partial charge in [0.25, 0.3) is 0 Å². The molecule has 102 valence electrons. The Morgan fingerprint density at radius 3 is 3.00 bits per heavy atom. The zero-order valence-electron chi connectivity index (χ0n) is 10.9. The topological polar surface area (TPSA) is 46.3 Å². The molecule has 2 unspecified atom stereocenters. The highest BCUT2D eigenvalue weighted by Crippen LogP contribution is 2.34. The summed E-state index contributed by atoms with van der Waals surface area (Å²) in [5.74, 6) is 0.398. The third-order valence-electron chi connectivity index (χ3n) is 4.27. The van der Waals surface area contributed by atoms with Crippen LogP contribution in [-0.2, 0) is 11.2 Å². The molecule has 2 atom stereocenters. The summed E-state index contributed by atoms with van der Waals surface area (Å²) < 4.78 is 1.08. The molecule has 0 bridgehead atoms. The second-order valence-corrected chi connectivity index (χ2v) is 6.55. The van der Waals surface area contributed by atoms with Gasteiger partial charge in [0.15, 0.2) is 0 Å². The van der Waals surface area contributed by atoms with Crippen molar-refractivity contribution in [2.24, 2.45) is 11.7 Å². The Morgan fingerprint density at radius 2 is 2.21 bits per heavy atom. The monoisotopic (exact) mass is 322 g/mol. The third-order valence-corrected chi connectivity index (χ3v) is 4.76. The Labute approximate surface area is 122 Å². The zero-order chi connectivity index (χ0) is 13.4. The number of rotatable bonds is 1. The molecule has 1 aromatic rings. The summed E-state index contributed by atoms with van der Waals surface area (Å²) in [4.78, 5) is 14.6. The van der Waals surface area contributed by atoms with Crippen LogP contribution in [0.15, 0.2) is 22.7 Å². The summed E-state index contributed by atoms with van der Waals surface area (Å²) in [7, 11) is 0. The van der Waals surface area contributed by atoms with Crippen LogP contribution >= 0.6 is 15.9 Å². The minimum atomic E-state index is 0.123. The largest absolute Gasteiger partial charge is 0.328 e. The number of hydrogen-bond donors (Lipinski definition) is 1. The molecule has 0 saturated heterocycles. The van der Waals surface area contributed by atoms with Crippen molar-refractivity contribution in [3.8, 4) is 0 Å². The average Bonchev–Trinajstić information content (AvgIpc) is 2.80. The molecule has 3 rings (SSSR count). The Morgan fingerprint density at radius 1 is 1.37 bits per heavy atom. The van der Waals surface area contributed by atoms with Crippen LogP contribution in [-0.4, -0.2) is 18.5 Å².